The lowest BCUT2D eigenvalue weighted by Crippen LogP contribution is -2.38. The predicted octanol–water partition coefficient (Wildman–Crippen LogP) is -2.01. The summed E-state index contributed by atoms with van der Waals surface area (Å²) in [5.41, 5.74) is 22.4. The van der Waals surface area contributed by atoms with Crippen LogP contribution in [0, 0.1) is 6.92 Å². The number of hydrogen-bond acceptors (Lipinski definition) is 9. The quantitative estimate of drug-likeness (QED) is 0.192. The first-order valence-electron chi connectivity index (χ1n) is 7.32. The highest BCUT2D eigenvalue weighted by Gasteiger charge is 2.15. The van der Waals surface area contributed by atoms with E-state index in [9.17, 15) is 4.79 Å². The Labute approximate surface area is 139 Å². The third-order valence-electron chi connectivity index (χ3n) is 2.74. The average molecular weight is 340 g/mol. The molecule has 0 radical (unpaired) electrons. The van der Waals surface area contributed by atoms with E-state index in [2.05, 4.69) is 20.3 Å². The number of amides is 1. The Hall–Kier alpha value is -2.50. The second-order valence-corrected chi connectivity index (χ2v) is 4.66. The Bertz CT molecular complexity index is 579. The fourth-order valence-corrected chi connectivity index (χ4v) is 1.56. The Morgan fingerprint density at radius 1 is 1.12 bits per heavy atom. The number of nitrogen functional groups attached to an aromatic ring is 2. The largest absolute Gasteiger partial charge is 0.382 e. The standard InChI is InChI=1S/C13H24N8O3/c1-8-10(15)20-11(16)9(19-8)12(22)21-13(17)18-3-5-24-7-6-23-4-2-14/h2-7,14H2,1H3,(H4,15,16,20)(H3,17,18,21,22). The summed E-state index contributed by atoms with van der Waals surface area (Å²) in [4.78, 5) is 23.8. The van der Waals surface area contributed by atoms with Crippen LogP contribution in [0.2, 0.25) is 0 Å². The van der Waals surface area contributed by atoms with Crippen molar-refractivity contribution in [2.45, 2.75) is 6.92 Å². The monoisotopic (exact) mass is 340 g/mol. The maximum Gasteiger partial charge on any atom is 0.280 e. The number of aryl methyl sites for hydroxylation is 1. The zero-order chi connectivity index (χ0) is 17.9. The number of hydrogen-bond donors (Lipinski definition) is 5. The molecule has 0 aliphatic heterocycles. The molecule has 0 aliphatic carbocycles. The molecule has 0 unspecified atom stereocenters. The van der Waals surface area contributed by atoms with Crippen LogP contribution in [-0.4, -0.2) is 61.4 Å². The maximum atomic E-state index is 12.0. The zero-order valence-corrected chi connectivity index (χ0v) is 13.6. The van der Waals surface area contributed by atoms with Crippen molar-refractivity contribution in [2.75, 3.05) is 51.0 Å². The second kappa shape index (κ2) is 10.3. The van der Waals surface area contributed by atoms with Crippen molar-refractivity contribution in [1.82, 2.24) is 15.3 Å². The Morgan fingerprint density at radius 2 is 1.79 bits per heavy atom. The van der Waals surface area contributed by atoms with Crippen molar-refractivity contribution in [3.8, 4) is 0 Å². The van der Waals surface area contributed by atoms with Crippen molar-refractivity contribution < 1.29 is 14.3 Å². The summed E-state index contributed by atoms with van der Waals surface area (Å²) in [5.74, 6) is -0.596. The van der Waals surface area contributed by atoms with Gasteiger partial charge in [0.1, 0.15) is 5.82 Å². The van der Waals surface area contributed by atoms with Crippen LogP contribution in [0.4, 0.5) is 11.6 Å². The molecule has 1 heterocycles. The highest BCUT2D eigenvalue weighted by Crippen LogP contribution is 2.11. The lowest BCUT2D eigenvalue weighted by Gasteiger charge is -2.08. The molecule has 9 N–H and O–H groups in total. The van der Waals surface area contributed by atoms with Gasteiger partial charge in [-0.25, -0.2) is 9.97 Å². The number of rotatable bonds is 9. The van der Waals surface area contributed by atoms with Gasteiger partial charge in [0.25, 0.3) is 5.91 Å². The normalized spacial score (nSPS) is 11.5. The van der Waals surface area contributed by atoms with Crippen LogP contribution in [0.15, 0.2) is 4.99 Å². The summed E-state index contributed by atoms with van der Waals surface area (Å²) in [6.07, 6.45) is 0. The second-order valence-electron chi connectivity index (χ2n) is 4.66. The van der Waals surface area contributed by atoms with Gasteiger partial charge < -0.3 is 32.4 Å². The number of guanidine groups is 1. The molecule has 0 bridgehead atoms. The number of aromatic nitrogens is 2. The van der Waals surface area contributed by atoms with E-state index in [1.54, 1.807) is 6.92 Å². The molecule has 0 fully saturated rings. The van der Waals surface area contributed by atoms with E-state index in [-0.39, 0.29) is 29.8 Å². The number of carbonyl (C=O) groups excluding carboxylic acids is 1. The number of anilines is 2. The first-order chi connectivity index (χ1) is 11.5. The number of ether oxygens (including phenoxy) is 2. The van der Waals surface area contributed by atoms with Gasteiger partial charge in [-0.05, 0) is 6.92 Å². The van der Waals surface area contributed by atoms with Gasteiger partial charge in [-0.15, -0.1) is 0 Å². The van der Waals surface area contributed by atoms with Gasteiger partial charge in [0.15, 0.2) is 17.5 Å². The topological polar surface area (TPSA) is 190 Å². The van der Waals surface area contributed by atoms with Crippen LogP contribution in [-0.2, 0) is 9.47 Å². The Kier molecular flexibility index (Phi) is 8.39. The summed E-state index contributed by atoms with van der Waals surface area (Å²) < 4.78 is 10.4. The van der Waals surface area contributed by atoms with Gasteiger partial charge in [0.05, 0.1) is 38.7 Å². The summed E-state index contributed by atoms with van der Waals surface area (Å²) >= 11 is 0. The van der Waals surface area contributed by atoms with Gasteiger partial charge in [-0.3, -0.25) is 15.1 Å². The van der Waals surface area contributed by atoms with Crippen LogP contribution in [0.5, 0.6) is 0 Å². The van der Waals surface area contributed by atoms with E-state index >= 15 is 0 Å². The van der Waals surface area contributed by atoms with Crippen LogP contribution in [0.1, 0.15) is 16.2 Å². The van der Waals surface area contributed by atoms with E-state index < -0.39 is 5.91 Å². The molecule has 0 spiro atoms. The van der Waals surface area contributed by atoms with E-state index in [4.69, 9.17) is 32.4 Å². The molecule has 0 atom stereocenters. The number of nitrogens with zero attached hydrogens (tertiary/aromatic N) is 3. The summed E-state index contributed by atoms with van der Waals surface area (Å²) in [6.45, 7) is 4.10. The van der Waals surface area contributed by atoms with Gasteiger partial charge in [-0.2, -0.15) is 0 Å². The minimum Gasteiger partial charge on any atom is -0.382 e. The molecule has 1 rings (SSSR count). The highest BCUT2D eigenvalue weighted by atomic mass is 16.5. The van der Waals surface area contributed by atoms with Crippen molar-refractivity contribution in [1.29, 1.82) is 0 Å². The van der Waals surface area contributed by atoms with Crippen molar-refractivity contribution in [3.05, 3.63) is 11.4 Å². The molecular weight excluding hydrogens is 316 g/mol. The summed E-state index contributed by atoms with van der Waals surface area (Å²) in [6, 6.07) is 0. The van der Waals surface area contributed by atoms with E-state index in [1.807, 2.05) is 0 Å². The molecule has 1 aromatic rings. The minimum absolute atomic E-state index is 0.0619. The van der Waals surface area contributed by atoms with Crippen molar-refractivity contribution in [2.24, 2.45) is 16.5 Å². The lowest BCUT2D eigenvalue weighted by molar-refractivity contribution is 0.0539. The molecule has 0 aromatic carbocycles. The van der Waals surface area contributed by atoms with Crippen LogP contribution >= 0.6 is 0 Å². The molecule has 11 nitrogen and oxygen atoms in total. The van der Waals surface area contributed by atoms with Gasteiger partial charge >= 0.3 is 0 Å². The molecule has 1 aromatic heterocycles. The number of nitrogens with one attached hydrogen (secondary N) is 1. The van der Waals surface area contributed by atoms with E-state index in [0.29, 0.717) is 38.7 Å². The highest BCUT2D eigenvalue weighted by molar-refractivity contribution is 6.06. The van der Waals surface area contributed by atoms with Gasteiger partial charge in [-0.1, -0.05) is 0 Å². The first-order valence-corrected chi connectivity index (χ1v) is 7.32. The fraction of sp³-hybridized carbons (Fsp3) is 0.538. The molecule has 0 aliphatic rings. The first kappa shape index (κ1) is 19.5. The number of nitrogens with two attached hydrogens (primary N) is 4. The lowest BCUT2D eigenvalue weighted by atomic mass is 10.3. The van der Waals surface area contributed by atoms with Crippen LogP contribution in [0.3, 0.4) is 0 Å². The average Bonchev–Trinajstić information content (AvgIpc) is 2.53. The molecular formula is C13H24N8O3. The van der Waals surface area contributed by atoms with Gasteiger partial charge in [0.2, 0.25) is 0 Å². The smallest absolute Gasteiger partial charge is 0.280 e. The Morgan fingerprint density at radius 3 is 2.46 bits per heavy atom. The summed E-state index contributed by atoms with van der Waals surface area (Å²) in [5, 5.41) is 2.37. The minimum atomic E-state index is -0.611. The maximum absolute atomic E-state index is 12.0. The van der Waals surface area contributed by atoms with Crippen molar-refractivity contribution >= 4 is 23.5 Å². The van der Waals surface area contributed by atoms with Gasteiger partial charge in [0, 0.05) is 6.54 Å². The van der Waals surface area contributed by atoms with E-state index in [1.165, 1.54) is 0 Å². The fourth-order valence-electron chi connectivity index (χ4n) is 1.56. The third kappa shape index (κ3) is 6.73. The Balaban J connectivity index is 2.37. The third-order valence-corrected chi connectivity index (χ3v) is 2.74. The SMILES string of the molecule is Cc1nc(C(=O)NC(N)=NCCOCCOCCN)c(N)nc1N. The van der Waals surface area contributed by atoms with Crippen LogP contribution in [0.25, 0.3) is 0 Å². The predicted molar refractivity (Wildman–Crippen MR) is 90.2 cm³/mol. The zero-order valence-electron chi connectivity index (χ0n) is 13.6. The van der Waals surface area contributed by atoms with Crippen LogP contribution < -0.4 is 28.3 Å². The molecule has 11 heteroatoms. The van der Waals surface area contributed by atoms with E-state index in [0.717, 1.165) is 0 Å². The number of carbonyl (C=O) groups is 1. The molecule has 24 heavy (non-hydrogen) atoms. The van der Waals surface area contributed by atoms with Crippen molar-refractivity contribution in [3.63, 3.8) is 0 Å². The molecule has 0 saturated carbocycles. The molecule has 0 saturated heterocycles. The summed E-state index contributed by atoms with van der Waals surface area (Å²) in [7, 11) is 0. The molecule has 134 valence electrons. The molecule has 1 amide bonds. The number of aliphatic imine (C=N–C) groups is 1.